The van der Waals surface area contributed by atoms with Crippen LogP contribution >= 0.6 is 0 Å². The zero-order chi connectivity index (χ0) is 24.1. The number of imide groups is 1. The number of hydrogen-bond donors (Lipinski definition) is 1. The van der Waals surface area contributed by atoms with E-state index in [1.54, 1.807) is 24.3 Å². The SMILES string of the molecule is COC(=O)[C@@H](Cc1ccccc1)NC(=O)[C@@H](Cc1ccccc1)N1C(=O)c2ccccc2C1=O. The van der Waals surface area contributed by atoms with Gasteiger partial charge in [0.1, 0.15) is 12.1 Å². The van der Waals surface area contributed by atoms with Crippen LogP contribution in [0.3, 0.4) is 0 Å². The molecule has 0 radical (unpaired) electrons. The van der Waals surface area contributed by atoms with E-state index in [1.807, 2.05) is 60.7 Å². The van der Waals surface area contributed by atoms with Crippen LogP contribution in [-0.4, -0.2) is 47.8 Å². The minimum Gasteiger partial charge on any atom is -0.467 e. The summed E-state index contributed by atoms with van der Waals surface area (Å²) in [5.41, 5.74) is 2.12. The highest BCUT2D eigenvalue weighted by Gasteiger charge is 2.43. The van der Waals surface area contributed by atoms with Crippen molar-refractivity contribution in [2.75, 3.05) is 7.11 Å². The molecule has 1 aliphatic heterocycles. The Morgan fingerprint density at radius 1 is 0.765 bits per heavy atom. The van der Waals surface area contributed by atoms with Crippen molar-refractivity contribution in [3.8, 4) is 0 Å². The van der Waals surface area contributed by atoms with Crippen LogP contribution in [0, 0.1) is 0 Å². The van der Waals surface area contributed by atoms with E-state index in [-0.39, 0.29) is 24.0 Å². The first-order valence-corrected chi connectivity index (χ1v) is 10.9. The summed E-state index contributed by atoms with van der Waals surface area (Å²) >= 11 is 0. The van der Waals surface area contributed by atoms with Gasteiger partial charge in [0.15, 0.2) is 0 Å². The fraction of sp³-hybridized carbons (Fsp3) is 0.185. The molecular weight excluding hydrogens is 432 g/mol. The fourth-order valence-electron chi connectivity index (χ4n) is 4.08. The Morgan fingerprint density at radius 3 is 1.74 bits per heavy atom. The van der Waals surface area contributed by atoms with E-state index in [1.165, 1.54) is 7.11 Å². The summed E-state index contributed by atoms with van der Waals surface area (Å²) in [6.45, 7) is 0. The highest BCUT2D eigenvalue weighted by Crippen LogP contribution is 2.26. The maximum absolute atomic E-state index is 13.5. The lowest BCUT2D eigenvalue weighted by molar-refractivity contribution is -0.145. The lowest BCUT2D eigenvalue weighted by Crippen LogP contribution is -2.54. The van der Waals surface area contributed by atoms with E-state index in [4.69, 9.17) is 4.74 Å². The summed E-state index contributed by atoms with van der Waals surface area (Å²) in [4.78, 5) is 53.3. The number of methoxy groups -OCH3 is 1. The molecule has 1 N–H and O–H groups in total. The Bertz CT molecular complexity index is 1170. The quantitative estimate of drug-likeness (QED) is 0.416. The first-order chi connectivity index (χ1) is 16.5. The topological polar surface area (TPSA) is 92.8 Å². The number of fused-ring (bicyclic) bond motifs is 1. The zero-order valence-corrected chi connectivity index (χ0v) is 18.6. The first-order valence-electron chi connectivity index (χ1n) is 10.9. The number of rotatable bonds is 8. The Morgan fingerprint density at radius 2 is 1.24 bits per heavy atom. The number of hydrogen-bond acceptors (Lipinski definition) is 5. The van der Waals surface area contributed by atoms with Crippen molar-refractivity contribution in [2.45, 2.75) is 24.9 Å². The molecule has 1 aliphatic rings. The maximum Gasteiger partial charge on any atom is 0.328 e. The molecule has 34 heavy (non-hydrogen) atoms. The third-order valence-electron chi connectivity index (χ3n) is 5.80. The predicted octanol–water partition coefficient (Wildman–Crippen LogP) is 2.79. The Labute approximate surface area is 197 Å². The molecule has 0 fully saturated rings. The van der Waals surface area contributed by atoms with Crippen LogP contribution in [0.1, 0.15) is 31.8 Å². The van der Waals surface area contributed by atoms with E-state index in [9.17, 15) is 19.2 Å². The summed E-state index contributed by atoms with van der Waals surface area (Å²) in [6, 6.07) is 22.7. The van der Waals surface area contributed by atoms with Crippen LogP contribution in [-0.2, 0) is 27.2 Å². The normalized spacial score (nSPS) is 14.3. The second-order valence-electron chi connectivity index (χ2n) is 8.01. The van der Waals surface area contributed by atoms with Crippen LogP contribution in [0.15, 0.2) is 84.9 Å². The Balaban J connectivity index is 1.64. The third-order valence-corrected chi connectivity index (χ3v) is 5.80. The average molecular weight is 456 g/mol. The number of nitrogens with zero attached hydrogens (tertiary/aromatic N) is 1. The van der Waals surface area contributed by atoms with Gasteiger partial charge in [-0.05, 0) is 23.3 Å². The van der Waals surface area contributed by atoms with Crippen molar-refractivity contribution < 1.29 is 23.9 Å². The molecule has 0 spiro atoms. The van der Waals surface area contributed by atoms with Gasteiger partial charge in [0.2, 0.25) is 5.91 Å². The third kappa shape index (κ3) is 4.73. The summed E-state index contributed by atoms with van der Waals surface area (Å²) in [5, 5.41) is 2.72. The lowest BCUT2D eigenvalue weighted by Gasteiger charge is -2.27. The van der Waals surface area contributed by atoms with Crippen LogP contribution in [0.2, 0.25) is 0 Å². The zero-order valence-electron chi connectivity index (χ0n) is 18.6. The van der Waals surface area contributed by atoms with Crippen molar-refractivity contribution >= 4 is 23.7 Å². The molecular formula is C27H24N2O5. The van der Waals surface area contributed by atoms with Crippen molar-refractivity contribution in [3.63, 3.8) is 0 Å². The minimum atomic E-state index is -1.14. The maximum atomic E-state index is 13.5. The minimum absolute atomic E-state index is 0.109. The number of ether oxygens (including phenoxy) is 1. The Kier molecular flexibility index (Phi) is 6.82. The van der Waals surface area contributed by atoms with Gasteiger partial charge < -0.3 is 10.1 Å². The van der Waals surface area contributed by atoms with E-state index in [2.05, 4.69) is 5.32 Å². The number of amides is 3. The number of carbonyl (C=O) groups excluding carboxylic acids is 4. The molecule has 3 aromatic carbocycles. The van der Waals surface area contributed by atoms with Gasteiger partial charge in [0.25, 0.3) is 11.8 Å². The average Bonchev–Trinajstić information content (AvgIpc) is 3.12. The van der Waals surface area contributed by atoms with Crippen LogP contribution in [0.5, 0.6) is 0 Å². The van der Waals surface area contributed by atoms with E-state index in [0.717, 1.165) is 16.0 Å². The van der Waals surface area contributed by atoms with Crippen LogP contribution in [0.4, 0.5) is 0 Å². The number of carbonyl (C=O) groups is 4. The summed E-state index contributed by atoms with van der Waals surface area (Å²) in [7, 11) is 1.25. The van der Waals surface area contributed by atoms with Gasteiger partial charge >= 0.3 is 5.97 Å². The summed E-state index contributed by atoms with van der Waals surface area (Å²) in [5.74, 6) is -2.29. The highest BCUT2D eigenvalue weighted by molar-refractivity contribution is 6.22. The molecule has 0 aromatic heterocycles. The molecule has 1 heterocycles. The second kappa shape index (κ2) is 10.1. The Hall–Kier alpha value is -4.26. The molecule has 0 unspecified atom stereocenters. The van der Waals surface area contributed by atoms with E-state index < -0.39 is 35.8 Å². The summed E-state index contributed by atoms with van der Waals surface area (Å²) in [6.07, 6.45) is 0.316. The number of nitrogens with one attached hydrogen (secondary N) is 1. The van der Waals surface area contributed by atoms with E-state index in [0.29, 0.717) is 0 Å². The van der Waals surface area contributed by atoms with Crippen molar-refractivity contribution in [3.05, 3.63) is 107 Å². The highest BCUT2D eigenvalue weighted by atomic mass is 16.5. The molecule has 0 bridgehead atoms. The summed E-state index contributed by atoms with van der Waals surface area (Å²) < 4.78 is 4.90. The first kappa shape index (κ1) is 22.9. The predicted molar refractivity (Wildman–Crippen MR) is 125 cm³/mol. The molecule has 0 aliphatic carbocycles. The lowest BCUT2D eigenvalue weighted by atomic mass is 10.0. The van der Waals surface area contributed by atoms with Gasteiger partial charge in [-0.2, -0.15) is 0 Å². The molecule has 7 heteroatoms. The standard InChI is InChI=1S/C27H24N2O5/c1-34-27(33)22(16-18-10-4-2-5-11-18)28-24(30)23(17-19-12-6-3-7-13-19)29-25(31)20-14-8-9-15-21(20)26(29)32/h2-15,22-23H,16-17H2,1H3,(H,28,30)/t22-,23-/m1/s1. The number of esters is 1. The van der Waals surface area contributed by atoms with Gasteiger partial charge in [-0.15, -0.1) is 0 Å². The second-order valence-corrected chi connectivity index (χ2v) is 8.01. The molecule has 0 saturated carbocycles. The van der Waals surface area contributed by atoms with Crippen LogP contribution in [0.25, 0.3) is 0 Å². The smallest absolute Gasteiger partial charge is 0.328 e. The molecule has 3 amide bonds. The van der Waals surface area contributed by atoms with Gasteiger partial charge in [0.05, 0.1) is 18.2 Å². The van der Waals surface area contributed by atoms with Crippen molar-refractivity contribution in [2.24, 2.45) is 0 Å². The van der Waals surface area contributed by atoms with Gasteiger partial charge in [-0.25, -0.2) is 4.79 Å². The molecule has 0 saturated heterocycles. The fourth-order valence-corrected chi connectivity index (χ4v) is 4.08. The number of benzene rings is 3. The molecule has 4 rings (SSSR count). The van der Waals surface area contributed by atoms with Gasteiger partial charge in [-0.3, -0.25) is 19.3 Å². The van der Waals surface area contributed by atoms with Crippen LogP contribution < -0.4 is 5.32 Å². The van der Waals surface area contributed by atoms with Gasteiger partial charge in [-0.1, -0.05) is 72.8 Å². The molecule has 7 nitrogen and oxygen atoms in total. The molecule has 172 valence electrons. The van der Waals surface area contributed by atoms with Crippen molar-refractivity contribution in [1.29, 1.82) is 0 Å². The van der Waals surface area contributed by atoms with E-state index >= 15 is 0 Å². The monoisotopic (exact) mass is 456 g/mol. The van der Waals surface area contributed by atoms with Gasteiger partial charge in [0, 0.05) is 12.8 Å². The largest absolute Gasteiger partial charge is 0.467 e. The van der Waals surface area contributed by atoms with Crippen molar-refractivity contribution in [1.82, 2.24) is 10.2 Å². The molecule has 3 aromatic rings. The molecule has 2 atom stereocenters.